The van der Waals surface area contributed by atoms with Crippen LogP contribution in [0.25, 0.3) is 0 Å². The second-order valence-corrected chi connectivity index (χ2v) is 5.19. The van der Waals surface area contributed by atoms with Gasteiger partial charge in [0, 0.05) is 11.5 Å². The van der Waals surface area contributed by atoms with Crippen molar-refractivity contribution in [3.05, 3.63) is 40.4 Å². The topological polar surface area (TPSA) is 71.1 Å². The molecule has 0 aliphatic rings. The normalized spacial score (nSPS) is 10.3. The highest BCUT2D eigenvalue weighted by Crippen LogP contribution is 2.15. The average Bonchev–Trinajstić information content (AvgIpc) is 2.86. The molecule has 0 saturated heterocycles. The number of benzene rings is 1. The van der Waals surface area contributed by atoms with Crippen LogP contribution in [0.3, 0.4) is 0 Å². The number of halogens is 1. The van der Waals surface area contributed by atoms with Crippen LogP contribution in [-0.4, -0.2) is 46.2 Å². The summed E-state index contributed by atoms with van der Waals surface area (Å²) in [5.74, 6) is 1.33. The summed E-state index contributed by atoms with van der Waals surface area (Å²) in [4.78, 5) is 17.5. The monoisotopic (exact) mass is 338 g/mol. The number of amides is 1. The first-order valence-electron chi connectivity index (χ1n) is 6.09. The third kappa shape index (κ3) is 3.80. The first kappa shape index (κ1) is 14.5. The number of nitrogens with zero attached hydrogens (tertiary/aromatic N) is 3. The minimum atomic E-state index is -0.228. The summed E-state index contributed by atoms with van der Waals surface area (Å²) >= 11 is 3.36. The fourth-order valence-electron chi connectivity index (χ4n) is 1.54. The van der Waals surface area contributed by atoms with Crippen molar-refractivity contribution < 1.29 is 9.53 Å². The molecule has 1 heterocycles. The van der Waals surface area contributed by atoms with Gasteiger partial charge in [-0.1, -0.05) is 15.9 Å². The Morgan fingerprint density at radius 3 is 2.70 bits per heavy atom. The van der Waals surface area contributed by atoms with Crippen molar-refractivity contribution in [3.63, 3.8) is 0 Å². The van der Waals surface area contributed by atoms with Crippen LogP contribution in [0.15, 0.2) is 28.7 Å². The third-order valence-electron chi connectivity index (χ3n) is 2.64. The molecule has 0 unspecified atom stereocenters. The van der Waals surface area contributed by atoms with E-state index in [-0.39, 0.29) is 11.7 Å². The van der Waals surface area contributed by atoms with Crippen LogP contribution < -0.4 is 4.74 Å². The fraction of sp³-hybridized carbons (Fsp3) is 0.308. The van der Waals surface area contributed by atoms with E-state index in [4.69, 9.17) is 4.74 Å². The molecule has 2 aromatic rings. The lowest BCUT2D eigenvalue weighted by Gasteiger charge is -2.15. The number of H-pyrrole nitrogens is 1. The van der Waals surface area contributed by atoms with Crippen LogP contribution in [0.1, 0.15) is 16.4 Å². The summed E-state index contributed by atoms with van der Waals surface area (Å²) in [6.45, 7) is 2.62. The number of aryl methyl sites for hydroxylation is 1. The maximum Gasteiger partial charge on any atom is 0.293 e. The number of hydrogen-bond donors (Lipinski definition) is 1. The summed E-state index contributed by atoms with van der Waals surface area (Å²) < 4.78 is 6.56. The molecule has 0 spiro atoms. The summed E-state index contributed by atoms with van der Waals surface area (Å²) in [5, 5.41) is 6.49. The summed E-state index contributed by atoms with van der Waals surface area (Å²) in [6, 6.07) is 7.54. The molecule has 0 aliphatic heterocycles. The van der Waals surface area contributed by atoms with E-state index in [1.54, 1.807) is 14.0 Å². The summed E-state index contributed by atoms with van der Waals surface area (Å²) in [7, 11) is 1.69. The van der Waals surface area contributed by atoms with Gasteiger partial charge in [-0.15, -0.1) is 5.10 Å². The van der Waals surface area contributed by atoms with Gasteiger partial charge < -0.3 is 9.64 Å². The average molecular weight is 339 g/mol. The molecule has 0 fully saturated rings. The predicted molar refractivity (Wildman–Crippen MR) is 77.7 cm³/mol. The van der Waals surface area contributed by atoms with Crippen LogP contribution in [0.2, 0.25) is 0 Å². The number of aromatic amines is 1. The lowest BCUT2D eigenvalue weighted by molar-refractivity contribution is 0.0762. The van der Waals surface area contributed by atoms with Crippen LogP contribution in [0, 0.1) is 6.92 Å². The van der Waals surface area contributed by atoms with Crippen molar-refractivity contribution in [1.29, 1.82) is 0 Å². The highest BCUT2D eigenvalue weighted by atomic mass is 79.9. The Morgan fingerprint density at radius 2 is 2.10 bits per heavy atom. The smallest absolute Gasteiger partial charge is 0.293 e. The SMILES string of the molecule is Cc1nc(C(=O)N(C)CCOc2ccc(Br)cc2)n[nH]1. The van der Waals surface area contributed by atoms with Gasteiger partial charge in [-0.25, -0.2) is 4.98 Å². The fourth-order valence-corrected chi connectivity index (χ4v) is 1.81. The molecule has 1 aromatic carbocycles. The Balaban J connectivity index is 1.81. The lowest BCUT2D eigenvalue weighted by atomic mass is 10.3. The van der Waals surface area contributed by atoms with E-state index in [2.05, 4.69) is 31.1 Å². The Morgan fingerprint density at radius 1 is 1.40 bits per heavy atom. The van der Waals surface area contributed by atoms with Crippen molar-refractivity contribution >= 4 is 21.8 Å². The molecule has 2 rings (SSSR count). The van der Waals surface area contributed by atoms with E-state index in [0.29, 0.717) is 19.0 Å². The molecule has 106 valence electrons. The quantitative estimate of drug-likeness (QED) is 0.905. The second kappa shape index (κ2) is 6.51. The Labute approximate surface area is 125 Å². The maximum absolute atomic E-state index is 12.0. The molecule has 0 radical (unpaired) electrons. The van der Waals surface area contributed by atoms with Gasteiger partial charge >= 0.3 is 0 Å². The van der Waals surface area contributed by atoms with E-state index >= 15 is 0 Å². The van der Waals surface area contributed by atoms with Gasteiger partial charge in [0.05, 0.1) is 6.54 Å². The number of hydrogen-bond acceptors (Lipinski definition) is 4. The Kier molecular flexibility index (Phi) is 4.73. The number of ether oxygens (including phenoxy) is 1. The van der Waals surface area contributed by atoms with Crippen LogP contribution in [0.4, 0.5) is 0 Å². The number of carbonyl (C=O) groups excluding carboxylic acids is 1. The number of nitrogens with one attached hydrogen (secondary N) is 1. The number of rotatable bonds is 5. The third-order valence-corrected chi connectivity index (χ3v) is 3.17. The van der Waals surface area contributed by atoms with Gasteiger partial charge in [-0.2, -0.15) is 0 Å². The van der Waals surface area contributed by atoms with Gasteiger partial charge in [-0.05, 0) is 31.2 Å². The lowest BCUT2D eigenvalue weighted by Crippen LogP contribution is -2.31. The van der Waals surface area contributed by atoms with E-state index < -0.39 is 0 Å². The first-order chi connectivity index (χ1) is 9.56. The molecule has 1 N–H and O–H groups in total. The molecular formula is C13H15BrN4O2. The summed E-state index contributed by atoms with van der Waals surface area (Å²) in [6.07, 6.45) is 0. The van der Waals surface area contributed by atoms with E-state index in [9.17, 15) is 4.79 Å². The molecular weight excluding hydrogens is 324 g/mol. The van der Waals surface area contributed by atoms with Crippen molar-refractivity contribution in [2.45, 2.75) is 6.92 Å². The maximum atomic E-state index is 12.0. The minimum absolute atomic E-state index is 0.175. The zero-order valence-corrected chi connectivity index (χ0v) is 12.8. The van der Waals surface area contributed by atoms with Gasteiger partial charge in [0.2, 0.25) is 5.82 Å². The van der Waals surface area contributed by atoms with E-state index in [1.165, 1.54) is 4.90 Å². The number of aromatic nitrogens is 3. The van der Waals surface area contributed by atoms with Gasteiger partial charge in [-0.3, -0.25) is 9.89 Å². The van der Waals surface area contributed by atoms with Gasteiger partial charge in [0.1, 0.15) is 18.2 Å². The molecule has 0 saturated carbocycles. The molecule has 0 aliphatic carbocycles. The summed E-state index contributed by atoms with van der Waals surface area (Å²) in [5.41, 5.74) is 0. The van der Waals surface area contributed by atoms with E-state index in [1.807, 2.05) is 24.3 Å². The molecule has 0 atom stereocenters. The van der Waals surface area contributed by atoms with Crippen molar-refractivity contribution in [1.82, 2.24) is 20.1 Å². The Hall–Kier alpha value is -1.89. The number of carbonyl (C=O) groups is 1. The van der Waals surface area contributed by atoms with Crippen LogP contribution >= 0.6 is 15.9 Å². The second-order valence-electron chi connectivity index (χ2n) is 4.27. The minimum Gasteiger partial charge on any atom is -0.492 e. The van der Waals surface area contributed by atoms with Crippen molar-refractivity contribution in [2.24, 2.45) is 0 Å². The van der Waals surface area contributed by atoms with Crippen LogP contribution in [-0.2, 0) is 0 Å². The van der Waals surface area contributed by atoms with Gasteiger partial charge in [0.15, 0.2) is 0 Å². The molecule has 0 bridgehead atoms. The van der Waals surface area contributed by atoms with Crippen LogP contribution in [0.5, 0.6) is 5.75 Å². The molecule has 1 amide bonds. The largest absolute Gasteiger partial charge is 0.492 e. The zero-order chi connectivity index (χ0) is 14.5. The van der Waals surface area contributed by atoms with Gasteiger partial charge in [0.25, 0.3) is 5.91 Å². The van der Waals surface area contributed by atoms with Crippen molar-refractivity contribution in [3.8, 4) is 5.75 Å². The van der Waals surface area contributed by atoms with Crippen molar-refractivity contribution in [2.75, 3.05) is 20.2 Å². The standard InChI is InChI=1S/C13H15BrN4O2/c1-9-15-12(17-16-9)13(19)18(2)7-8-20-11-5-3-10(14)4-6-11/h3-6H,7-8H2,1-2H3,(H,15,16,17). The molecule has 6 nitrogen and oxygen atoms in total. The molecule has 20 heavy (non-hydrogen) atoms. The zero-order valence-electron chi connectivity index (χ0n) is 11.3. The Bertz CT molecular complexity index is 582. The number of likely N-dealkylation sites (N-methyl/N-ethyl adjacent to an activating group) is 1. The molecule has 7 heteroatoms. The predicted octanol–water partition coefficient (Wildman–Crippen LogP) is 2.03. The highest BCUT2D eigenvalue weighted by Gasteiger charge is 2.16. The van der Waals surface area contributed by atoms with E-state index in [0.717, 1.165) is 10.2 Å². The first-order valence-corrected chi connectivity index (χ1v) is 6.88. The molecule has 1 aromatic heterocycles. The highest BCUT2D eigenvalue weighted by molar-refractivity contribution is 9.10.